The second kappa shape index (κ2) is 7.28. The number of hydrogen-bond donors (Lipinski definition) is 2. The number of fused-ring (bicyclic) bond motifs is 1. The van der Waals surface area contributed by atoms with Gasteiger partial charge in [-0.1, -0.05) is 17.7 Å². The van der Waals surface area contributed by atoms with E-state index in [0.717, 1.165) is 18.2 Å². The number of benzene rings is 2. The number of aromatic nitrogens is 1. The van der Waals surface area contributed by atoms with Crippen LogP contribution >= 0.6 is 19.0 Å². The van der Waals surface area contributed by atoms with E-state index in [1.165, 1.54) is 12.1 Å². The molecule has 28 heavy (non-hydrogen) atoms. The molecule has 0 saturated heterocycles. The maximum absolute atomic E-state index is 13.9. The van der Waals surface area contributed by atoms with E-state index >= 15 is 0 Å². The van der Waals surface area contributed by atoms with Gasteiger partial charge in [-0.15, -0.1) is 0 Å². The Labute approximate surface area is 163 Å². The number of alkyl halides is 3. The Morgan fingerprint density at radius 1 is 1.25 bits per heavy atom. The Kier molecular flexibility index (Phi) is 5.32. The predicted octanol–water partition coefficient (Wildman–Crippen LogP) is 4.20. The van der Waals surface area contributed by atoms with Crippen molar-refractivity contribution in [3.63, 3.8) is 0 Å². The van der Waals surface area contributed by atoms with Gasteiger partial charge in [0.2, 0.25) is 0 Å². The minimum atomic E-state index is -4.64. The fourth-order valence-electron chi connectivity index (χ4n) is 2.95. The minimum Gasteiger partial charge on any atom is -0.364 e. The van der Waals surface area contributed by atoms with Gasteiger partial charge in [0.1, 0.15) is 5.69 Å². The zero-order valence-electron chi connectivity index (χ0n) is 14.5. The fraction of sp³-hybridized carbons (Fsp3) is 0.167. The molecule has 0 aliphatic heterocycles. The van der Waals surface area contributed by atoms with Crippen LogP contribution in [-0.2, 0) is 15.3 Å². The first kappa shape index (κ1) is 20.5. The van der Waals surface area contributed by atoms with Crippen LogP contribution in [0.3, 0.4) is 0 Å². The van der Waals surface area contributed by atoms with E-state index in [1.54, 1.807) is 19.1 Å². The molecular formula is C18H15ClF3N2O3P. The van der Waals surface area contributed by atoms with Crippen LogP contribution in [-0.4, -0.2) is 17.5 Å². The third-order valence-electron chi connectivity index (χ3n) is 4.10. The van der Waals surface area contributed by atoms with Crippen LogP contribution in [0.25, 0.3) is 10.9 Å². The van der Waals surface area contributed by atoms with Crippen molar-refractivity contribution in [3.8, 4) is 0 Å². The number of aromatic amines is 1. The van der Waals surface area contributed by atoms with Crippen molar-refractivity contribution in [2.24, 2.45) is 5.73 Å². The van der Waals surface area contributed by atoms with Gasteiger partial charge in [-0.2, -0.15) is 13.2 Å². The lowest BCUT2D eigenvalue weighted by Crippen LogP contribution is -2.27. The van der Waals surface area contributed by atoms with Crippen LogP contribution in [0.5, 0.6) is 0 Å². The Balaban J connectivity index is 2.37. The number of nitrogens with one attached hydrogen (secondary N) is 1. The number of halogens is 4. The quantitative estimate of drug-likeness (QED) is 0.595. The zero-order chi connectivity index (χ0) is 20.7. The van der Waals surface area contributed by atoms with Crippen molar-refractivity contribution in [1.82, 2.24) is 4.98 Å². The van der Waals surface area contributed by atoms with Gasteiger partial charge in [-0.3, -0.25) is 9.36 Å². The topological polar surface area (TPSA) is 85.2 Å². The third-order valence-corrected chi connectivity index (χ3v) is 6.97. The Hall–Kier alpha value is -2.28. The average molecular weight is 431 g/mol. The Morgan fingerprint density at radius 3 is 2.57 bits per heavy atom. The fourth-order valence-corrected chi connectivity index (χ4v) is 5.58. The highest BCUT2D eigenvalue weighted by Crippen LogP contribution is 2.48. The molecule has 1 amide bonds. The maximum Gasteiger partial charge on any atom is 0.416 e. The molecule has 10 heteroatoms. The molecule has 0 aliphatic carbocycles. The lowest BCUT2D eigenvalue weighted by molar-refractivity contribution is -0.137. The summed E-state index contributed by atoms with van der Waals surface area (Å²) in [5, 5.41) is 0.276. The van der Waals surface area contributed by atoms with Crippen molar-refractivity contribution < 1.29 is 27.1 Å². The summed E-state index contributed by atoms with van der Waals surface area (Å²) in [6.07, 6.45) is -4.64. The molecule has 1 unspecified atom stereocenters. The molecule has 148 valence electrons. The summed E-state index contributed by atoms with van der Waals surface area (Å²) in [7, 11) is -4.12. The Morgan fingerprint density at radius 2 is 1.96 bits per heavy atom. The molecule has 0 spiro atoms. The number of carbonyl (C=O) groups excluding carboxylic acids is 1. The molecule has 0 aliphatic rings. The predicted molar refractivity (Wildman–Crippen MR) is 102 cm³/mol. The van der Waals surface area contributed by atoms with Crippen molar-refractivity contribution >= 4 is 46.4 Å². The highest BCUT2D eigenvalue weighted by Gasteiger charge is 2.38. The molecule has 1 atom stereocenters. The van der Waals surface area contributed by atoms with Crippen molar-refractivity contribution in [2.75, 3.05) is 6.61 Å². The summed E-state index contributed by atoms with van der Waals surface area (Å²) in [5.41, 5.74) is 4.64. The van der Waals surface area contributed by atoms with Gasteiger partial charge >= 0.3 is 6.18 Å². The molecule has 0 fully saturated rings. The summed E-state index contributed by atoms with van der Waals surface area (Å²) in [6.45, 7) is 1.48. The van der Waals surface area contributed by atoms with E-state index in [1.807, 2.05) is 0 Å². The average Bonchev–Trinajstić information content (AvgIpc) is 3.00. The molecule has 3 rings (SSSR count). The van der Waals surface area contributed by atoms with Crippen LogP contribution in [0.1, 0.15) is 23.0 Å². The summed E-state index contributed by atoms with van der Waals surface area (Å²) in [4.78, 5) is 14.7. The molecule has 3 aromatic rings. The number of primary amides is 1. The molecule has 2 aromatic carbocycles. The first-order valence-electron chi connectivity index (χ1n) is 8.12. The standard InChI is InChI=1S/C18H15ClF3N2O3P/c1-2-27-28(26,12-5-3-4-10(8-12)18(20,21)22)16-13-9-11(19)6-7-14(13)24-15(16)17(23)25/h3-9,24H,2H2,1H3,(H2,23,25). The largest absolute Gasteiger partial charge is 0.416 e. The lowest BCUT2D eigenvalue weighted by Gasteiger charge is -2.20. The summed E-state index contributed by atoms with van der Waals surface area (Å²) >= 11 is 6.03. The van der Waals surface area contributed by atoms with E-state index in [-0.39, 0.29) is 33.3 Å². The van der Waals surface area contributed by atoms with E-state index in [0.29, 0.717) is 5.52 Å². The highest BCUT2D eigenvalue weighted by molar-refractivity contribution is 7.75. The Bertz CT molecular complexity index is 1110. The van der Waals surface area contributed by atoms with Crippen LogP contribution in [0.15, 0.2) is 42.5 Å². The molecule has 0 radical (unpaired) electrons. The molecule has 0 saturated carbocycles. The minimum absolute atomic E-state index is 0.0705. The van der Waals surface area contributed by atoms with Crippen molar-refractivity contribution in [2.45, 2.75) is 13.1 Å². The van der Waals surface area contributed by atoms with Gasteiger partial charge in [0.05, 0.1) is 17.5 Å². The van der Waals surface area contributed by atoms with Gasteiger partial charge in [0.25, 0.3) is 13.3 Å². The van der Waals surface area contributed by atoms with Crippen LogP contribution in [0, 0.1) is 0 Å². The SMILES string of the molecule is CCOP(=O)(c1cccc(C(F)(F)F)c1)c1c(C(N)=O)[nH]c2ccc(Cl)cc12. The number of rotatable bonds is 5. The smallest absolute Gasteiger partial charge is 0.364 e. The van der Waals surface area contributed by atoms with E-state index in [4.69, 9.17) is 21.9 Å². The molecule has 1 aromatic heterocycles. The van der Waals surface area contributed by atoms with E-state index < -0.39 is 25.0 Å². The first-order valence-corrected chi connectivity index (χ1v) is 10.1. The van der Waals surface area contributed by atoms with Crippen LogP contribution < -0.4 is 16.3 Å². The molecule has 1 heterocycles. The third kappa shape index (κ3) is 3.55. The molecule has 3 N–H and O–H groups in total. The second-order valence-electron chi connectivity index (χ2n) is 5.92. The van der Waals surface area contributed by atoms with Crippen LogP contribution in [0.2, 0.25) is 5.02 Å². The molecular weight excluding hydrogens is 416 g/mol. The zero-order valence-corrected chi connectivity index (χ0v) is 16.2. The van der Waals surface area contributed by atoms with Crippen LogP contribution in [0.4, 0.5) is 13.2 Å². The highest BCUT2D eigenvalue weighted by atomic mass is 35.5. The number of H-pyrrole nitrogens is 1. The lowest BCUT2D eigenvalue weighted by atomic mass is 10.2. The van der Waals surface area contributed by atoms with Gasteiger partial charge < -0.3 is 15.2 Å². The number of hydrogen-bond acceptors (Lipinski definition) is 3. The monoisotopic (exact) mass is 430 g/mol. The van der Waals surface area contributed by atoms with Crippen molar-refractivity contribution in [3.05, 3.63) is 58.7 Å². The van der Waals surface area contributed by atoms with E-state index in [9.17, 15) is 22.5 Å². The summed E-state index contributed by atoms with van der Waals surface area (Å²) in [5.74, 6) is -0.922. The normalized spacial score (nSPS) is 14.2. The van der Waals surface area contributed by atoms with Gasteiger partial charge in [-0.25, -0.2) is 0 Å². The number of carbonyl (C=O) groups is 1. The molecule has 0 bridgehead atoms. The first-order chi connectivity index (χ1) is 13.1. The molecule has 5 nitrogen and oxygen atoms in total. The summed E-state index contributed by atoms with van der Waals surface area (Å²) in [6, 6.07) is 8.57. The van der Waals surface area contributed by atoms with E-state index in [2.05, 4.69) is 4.98 Å². The van der Waals surface area contributed by atoms with Gasteiger partial charge in [-0.05, 0) is 43.3 Å². The van der Waals surface area contributed by atoms with Crippen molar-refractivity contribution in [1.29, 1.82) is 0 Å². The van der Waals surface area contributed by atoms with Gasteiger partial charge in [0, 0.05) is 21.2 Å². The maximum atomic E-state index is 13.9. The number of nitrogens with two attached hydrogens (primary N) is 1. The number of amides is 1. The van der Waals surface area contributed by atoms with Gasteiger partial charge in [0.15, 0.2) is 0 Å². The second-order valence-corrected chi connectivity index (χ2v) is 8.68. The summed E-state index contributed by atoms with van der Waals surface area (Å²) < 4.78 is 58.9.